The monoisotopic (exact) mass is 432 g/mol. The van der Waals surface area contributed by atoms with Gasteiger partial charge in [-0.3, -0.25) is 4.79 Å². The number of rotatable bonds is 9. The first-order chi connectivity index (χ1) is 14.3. The zero-order valence-corrected chi connectivity index (χ0v) is 17.8. The fraction of sp³-hybridized carbons (Fsp3) is 0.238. The molecule has 0 aromatic heterocycles. The lowest BCUT2D eigenvalue weighted by atomic mass is 10.1. The van der Waals surface area contributed by atoms with E-state index in [1.807, 2.05) is 0 Å². The molecular formula is C21H24N2O6S. The molecule has 30 heavy (non-hydrogen) atoms. The van der Waals surface area contributed by atoms with Crippen LogP contribution in [-0.2, 0) is 26.1 Å². The van der Waals surface area contributed by atoms with Gasteiger partial charge in [-0.05, 0) is 41.5 Å². The van der Waals surface area contributed by atoms with Crippen LogP contribution in [-0.4, -0.2) is 41.1 Å². The van der Waals surface area contributed by atoms with Crippen LogP contribution in [0.15, 0.2) is 53.4 Å². The van der Waals surface area contributed by atoms with Crippen molar-refractivity contribution in [2.45, 2.75) is 18.4 Å². The number of esters is 1. The Morgan fingerprint density at radius 3 is 2.37 bits per heavy atom. The van der Waals surface area contributed by atoms with Crippen molar-refractivity contribution in [1.82, 2.24) is 10.0 Å². The van der Waals surface area contributed by atoms with Crippen LogP contribution in [0.5, 0.6) is 5.75 Å². The average Bonchev–Trinajstić information content (AvgIpc) is 2.75. The number of carbonyl (C=O) groups excluding carboxylic acids is 2. The molecule has 0 bridgehead atoms. The SMILES string of the molecule is CCNS(=O)(=O)c1ccc(/C=C/C(=O)NCc2ccc(OC)c(C(=O)OC)c2)cc1. The van der Waals surface area contributed by atoms with E-state index in [1.165, 1.54) is 32.4 Å². The second-order valence-electron chi connectivity index (χ2n) is 6.15. The summed E-state index contributed by atoms with van der Waals surface area (Å²) in [5, 5.41) is 2.72. The molecule has 0 saturated carbocycles. The van der Waals surface area contributed by atoms with E-state index in [-0.39, 0.29) is 22.9 Å². The Morgan fingerprint density at radius 1 is 1.07 bits per heavy atom. The van der Waals surface area contributed by atoms with E-state index < -0.39 is 16.0 Å². The molecule has 0 spiro atoms. The minimum atomic E-state index is -3.51. The molecule has 0 aliphatic carbocycles. The van der Waals surface area contributed by atoms with Crippen molar-refractivity contribution in [3.05, 3.63) is 65.2 Å². The van der Waals surface area contributed by atoms with Crippen molar-refractivity contribution in [3.8, 4) is 5.75 Å². The molecule has 2 N–H and O–H groups in total. The summed E-state index contributed by atoms with van der Waals surface area (Å²) < 4.78 is 36.1. The number of sulfonamides is 1. The maximum Gasteiger partial charge on any atom is 0.341 e. The minimum absolute atomic E-state index is 0.159. The second kappa shape index (κ2) is 10.6. The van der Waals surface area contributed by atoms with Crippen LogP contribution < -0.4 is 14.8 Å². The second-order valence-corrected chi connectivity index (χ2v) is 7.91. The topological polar surface area (TPSA) is 111 Å². The van der Waals surface area contributed by atoms with E-state index in [0.29, 0.717) is 23.4 Å². The van der Waals surface area contributed by atoms with Crippen LogP contribution in [0.3, 0.4) is 0 Å². The Balaban J connectivity index is 1.99. The summed E-state index contributed by atoms with van der Waals surface area (Å²) in [6.07, 6.45) is 2.92. The number of hydrogen-bond acceptors (Lipinski definition) is 6. The number of ether oxygens (including phenoxy) is 2. The highest BCUT2D eigenvalue weighted by Crippen LogP contribution is 2.20. The highest BCUT2D eigenvalue weighted by Gasteiger charge is 2.14. The van der Waals surface area contributed by atoms with Crippen LogP contribution in [0.2, 0.25) is 0 Å². The van der Waals surface area contributed by atoms with E-state index in [1.54, 1.807) is 43.3 Å². The van der Waals surface area contributed by atoms with Crippen LogP contribution in [0.1, 0.15) is 28.4 Å². The van der Waals surface area contributed by atoms with Gasteiger partial charge < -0.3 is 14.8 Å². The molecule has 8 nitrogen and oxygen atoms in total. The molecule has 0 aliphatic rings. The van der Waals surface area contributed by atoms with E-state index in [0.717, 1.165) is 0 Å². The normalized spacial score (nSPS) is 11.3. The van der Waals surface area contributed by atoms with Crippen LogP contribution in [0.4, 0.5) is 0 Å². The van der Waals surface area contributed by atoms with Crippen molar-refractivity contribution in [3.63, 3.8) is 0 Å². The van der Waals surface area contributed by atoms with E-state index in [4.69, 9.17) is 9.47 Å². The summed E-state index contributed by atoms with van der Waals surface area (Å²) in [4.78, 5) is 24.1. The lowest BCUT2D eigenvalue weighted by molar-refractivity contribution is -0.116. The minimum Gasteiger partial charge on any atom is -0.496 e. The molecule has 0 atom stereocenters. The average molecular weight is 432 g/mol. The number of hydrogen-bond donors (Lipinski definition) is 2. The summed E-state index contributed by atoms with van der Waals surface area (Å²) in [7, 11) is -0.774. The molecular weight excluding hydrogens is 408 g/mol. The van der Waals surface area contributed by atoms with Gasteiger partial charge in [0.1, 0.15) is 11.3 Å². The molecule has 9 heteroatoms. The van der Waals surface area contributed by atoms with Crippen molar-refractivity contribution in [2.24, 2.45) is 0 Å². The largest absolute Gasteiger partial charge is 0.496 e. The van der Waals surface area contributed by atoms with Crippen LogP contribution in [0.25, 0.3) is 6.08 Å². The smallest absolute Gasteiger partial charge is 0.341 e. The maximum absolute atomic E-state index is 12.1. The van der Waals surface area contributed by atoms with Gasteiger partial charge in [0, 0.05) is 19.2 Å². The van der Waals surface area contributed by atoms with E-state index in [2.05, 4.69) is 10.0 Å². The zero-order valence-electron chi connectivity index (χ0n) is 17.0. The van der Waals surface area contributed by atoms with Gasteiger partial charge in [-0.25, -0.2) is 17.9 Å². The molecule has 1 amide bonds. The van der Waals surface area contributed by atoms with Crippen molar-refractivity contribution < 1.29 is 27.5 Å². The van der Waals surface area contributed by atoms with E-state index in [9.17, 15) is 18.0 Å². The highest BCUT2D eigenvalue weighted by molar-refractivity contribution is 7.89. The fourth-order valence-electron chi connectivity index (χ4n) is 2.59. The molecule has 0 aliphatic heterocycles. The molecule has 0 radical (unpaired) electrons. The number of carbonyl (C=O) groups is 2. The summed E-state index contributed by atoms with van der Waals surface area (Å²) in [5.74, 6) is -0.481. The van der Waals surface area contributed by atoms with Crippen LogP contribution in [0, 0.1) is 0 Å². The molecule has 0 saturated heterocycles. The first-order valence-electron chi connectivity index (χ1n) is 9.11. The molecule has 160 valence electrons. The Hall–Kier alpha value is -3.17. The van der Waals surface area contributed by atoms with Gasteiger partial charge >= 0.3 is 5.97 Å². The van der Waals surface area contributed by atoms with Crippen LogP contribution >= 0.6 is 0 Å². The first-order valence-corrected chi connectivity index (χ1v) is 10.6. The third-order valence-corrected chi connectivity index (χ3v) is 5.65. The van der Waals surface area contributed by atoms with Gasteiger partial charge in [-0.15, -0.1) is 0 Å². The number of benzene rings is 2. The third kappa shape index (κ3) is 6.16. The predicted molar refractivity (Wildman–Crippen MR) is 113 cm³/mol. The number of nitrogens with one attached hydrogen (secondary N) is 2. The lowest BCUT2D eigenvalue weighted by Crippen LogP contribution is -2.23. The van der Waals surface area contributed by atoms with Gasteiger partial charge in [0.15, 0.2) is 0 Å². The first kappa shape index (κ1) is 23.1. The summed E-state index contributed by atoms with van der Waals surface area (Å²) in [5.41, 5.74) is 1.66. The van der Waals surface area contributed by atoms with Gasteiger partial charge in [0.2, 0.25) is 15.9 Å². The molecule has 2 aromatic rings. The van der Waals surface area contributed by atoms with E-state index >= 15 is 0 Å². The zero-order chi connectivity index (χ0) is 22.1. The van der Waals surface area contributed by atoms with Crippen molar-refractivity contribution in [1.29, 1.82) is 0 Å². The summed E-state index contributed by atoms with van der Waals surface area (Å²) in [6.45, 7) is 2.21. The predicted octanol–water partition coefficient (Wildman–Crippen LogP) is 2.11. The summed E-state index contributed by atoms with van der Waals surface area (Å²) in [6, 6.07) is 11.1. The lowest BCUT2D eigenvalue weighted by Gasteiger charge is -2.09. The summed E-state index contributed by atoms with van der Waals surface area (Å²) >= 11 is 0. The highest BCUT2D eigenvalue weighted by atomic mass is 32.2. The van der Waals surface area contributed by atoms with Gasteiger partial charge in [-0.2, -0.15) is 0 Å². The Morgan fingerprint density at radius 2 is 1.77 bits per heavy atom. The van der Waals surface area contributed by atoms with Gasteiger partial charge in [0.25, 0.3) is 0 Å². The number of amides is 1. The van der Waals surface area contributed by atoms with Gasteiger partial charge in [0.05, 0.1) is 19.1 Å². The standard InChI is InChI=1S/C21H24N2O6S/c1-4-23-30(26,27)17-9-5-15(6-10-17)8-12-20(24)22-14-16-7-11-19(28-2)18(13-16)21(25)29-3/h5-13,23H,4,14H2,1-3H3,(H,22,24)/b12-8+. The van der Waals surface area contributed by atoms with Crippen molar-refractivity contribution >= 4 is 28.0 Å². The third-order valence-electron chi connectivity index (χ3n) is 4.09. The molecule has 0 fully saturated rings. The Bertz CT molecular complexity index is 1030. The maximum atomic E-state index is 12.1. The number of methoxy groups -OCH3 is 2. The molecule has 2 aromatic carbocycles. The van der Waals surface area contributed by atoms with Crippen molar-refractivity contribution in [2.75, 3.05) is 20.8 Å². The Kier molecular flexibility index (Phi) is 8.14. The van der Waals surface area contributed by atoms with Gasteiger partial charge in [-0.1, -0.05) is 25.1 Å². The Labute approximate surface area is 175 Å². The molecule has 0 unspecified atom stereocenters. The fourth-order valence-corrected chi connectivity index (χ4v) is 3.63. The quantitative estimate of drug-likeness (QED) is 0.464. The molecule has 0 heterocycles. The molecule has 2 rings (SSSR count).